The Labute approximate surface area is 84.7 Å². The minimum Gasteiger partial charge on any atom is -0.393 e. The van der Waals surface area contributed by atoms with Crippen LogP contribution in [0.4, 0.5) is 8.78 Å². The number of rotatable bonds is 2. The molecule has 0 saturated heterocycles. The Hall–Kier alpha value is 0.550. The molecule has 72 valence electrons. The van der Waals surface area contributed by atoms with E-state index in [1.54, 1.807) is 0 Å². The van der Waals surface area contributed by atoms with E-state index in [-0.39, 0.29) is 12.0 Å². The topological polar surface area (TPSA) is 20.2 Å². The minimum absolute atomic E-state index is 0.106. The third-order valence-electron chi connectivity index (χ3n) is 2.43. The maximum Gasteiger partial charge on any atom is 0.250 e. The predicted octanol–water partition coefficient (Wildman–Crippen LogP) is 2.61. The van der Waals surface area contributed by atoms with Gasteiger partial charge in [0.15, 0.2) is 0 Å². The average molecular weight is 290 g/mol. The number of aliphatic hydroxyl groups excluding tert-OH is 1. The molecule has 1 fully saturated rings. The highest BCUT2D eigenvalue weighted by Crippen LogP contribution is 2.33. The monoisotopic (exact) mass is 290 g/mol. The molecule has 0 spiro atoms. The standard InChI is InChI=1S/C8H13F2IO/c9-8(10)7(11)5-1-3-6(12)4-2-5/h5-8,12H,1-4H2. The molecule has 1 aliphatic carbocycles. The second-order valence-corrected chi connectivity index (χ2v) is 4.79. The summed E-state index contributed by atoms with van der Waals surface area (Å²) in [4.78, 5) is 0. The van der Waals surface area contributed by atoms with Gasteiger partial charge in [0.1, 0.15) is 0 Å². The number of alkyl halides is 3. The van der Waals surface area contributed by atoms with Crippen molar-refractivity contribution in [2.75, 3.05) is 0 Å². The zero-order valence-corrected chi connectivity index (χ0v) is 8.88. The van der Waals surface area contributed by atoms with Crippen molar-refractivity contribution in [2.24, 2.45) is 5.92 Å². The lowest BCUT2D eigenvalue weighted by molar-refractivity contribution is 0.0775. The molecule has 1 nitrogen and oxygen atoms in total. The van der Waals surface area contributed by atoms with Gasteiger partial charge in [-0.25, -0.2) is 8.78 Å². The quantitative estimate of drug-likeness (QED) is 0.612. The molecule has 0 bridgehead atoms. The third-order valence-corrected chi connectivity index (χ3v) is 3.99. The van der Waals surface area contributed by atoms with Gasteiger partial charge in [-0.3, -0.25) is 0 Å². The third kappa shape index (κ3) is 2.80. The summed E-state index contributed by atoms with van der Waals surface area (Å²) in [6.07, 6.45) is 0.416. The molecule has 4 heteroatoms. The van der Waals surface area contributed by atoms with Gasteiger partial charge in [0.25, 0.3) is 6.43 Å². The van der Waals surface area contributed by atoms with Crippen LogP contribution < -0.4 is 0 Å². The van der Waals surface area contributed by atoms with Crippen molar-refractivity contribution in [3.63, 3.8) is 0 Å². The van der Waals surface area contributed by atoms with Crippen LogP contribution in [0.3, 0.4) is 0 Å². The Morgan fingerprint density at radius 3 is 2.08 bits per heavy atom. The first-order valence-electron chi connectivity index (χ1n) is 4.21. The van der Waals surface area contributed by atoms with Crippen LogP contribution in [0, 0.1) is 5.92 Å². The fraction of sp³-hybridized carbons (Fsp3) is 1.00. The Morgan fingerprint density at radius 1 is 1.17 bits per heavy atom. The molecule has 0 amide bonds. The lowest BCUT2D eigenvalue weighted by Gasteiger charge is -2.28. The van der Waals surface area contributed by atoms with Crippen molar-refractivity contribution < 1.29 is 13.9 Å². The first-order valence-corrected chi connectivity index (χ1v) is 5.46. The maximum atomic E-state index is 12.2. The fourth-order valence-electron chi connectivity index (χ4n) is 1.63. The SMILES string of the molecule is OC1CCC(C(I)C(F)F)CC1. The molecule has 0 heterocycles. The van der Waals surface area contributed by atoms with Crippen molar-refractivity contribution in [1.82, 2.24) is 0 Å². The lowest BCUT2D eigenvalue weighted by atomic mass is 9.85. The summed E-state index contributed by atoms with van der Waals surface area (Å²) >= 11 is 1.83. The second-order valence-electron chi connectivity index (χ2n) is 3.35. The van der Waals surface area contributed by atoms with Crippen LogP contribution in [0.15, 0.2) is 0 Å². The van der Waals surface area contributed by atoms with E-state index < -0.39 is 10.4 Å². The Balaban J connectivity index is 2.34. The molecule has 0 aromatic heterocycles. The van der Waals surface area contributed by atoms with Crippen LogP contribution in [0.2, 0.25) is 0 Å². The molecule has 0 aromatic carbocycles. The fourth-order valence-corrected chi connectivity index (χ4v) is 2.34. The average Bonchev–Trinajstić information content (AvgIpc) is 2.04. The zero-order chi connectivity index (χ0) is 9.14. The highest BCUT2D eigenvalue weighted by Gasteiger charge is 2.30. The summed E-state index contributed by atoms with van der Waals surface area (Å²) in [5.41, 5.74) is 0. The molecule has 12 heavy (non-hydrogen) atoms. The summed E-state index contributed by atoms with van der Waals surface area (Å²) in [6, 6.07) is 0. The largest absolute Gasteiger partial charge is 0.393 e. The summed E-state index contributed by atoms with van der Waals surface area (Å²) in [5, 5.41) is 9.16. The van der Waals surface area contributed by atoms with Gasteiger partial charge in [0, 0.05) is 0 Å². The van der Waals surface area contributed by atoms with E-state index in [9.17, 15) is 8.78 Å². The normalized spacial score (nSPS) is 33.8. The number of hydrogen-bond donors (Lipinski definition) is 1. The first kappa shape index (κ1) is 10.6. The van der Waals surface area contributed by atoms with Gasteiger partial charge in [0.2, 0.25) is 0 Å². The van der Waals surface area contributed by atoms with E-state index in [2.05, 4.69) is 0 Å². The van der Waals surface area contributed by atoms with E-state index >= 15 is 0 Å². The molecule has 0 aromatic rings. The molecule has 1 atom stereocenters. The summed E-state index contributed by atoms with van der Waals surface area (Å²) in [6.45, 7) is 0. The molecular formula is C8H13F2IO. The maximum absolute atomic E-state index is 12.2. The van der Waals surface area contributed by atoms with Gasteiger partial charge in [-0.05, 0) is 31.6 Å². The summed E-state index contributed by atoms with van der Waals surface area (Å²) in [5.74, 6) is 0.106. The molecule has 1 aliphatic rings. The van der Waals surface area contributed by atoms with Gasteiger partial charge < -0.3 is 5.11 Å². The summed E-state index contributed by atoms with van der Waals surface area (Å²) < 4.78 is 23.9. The minimum atomic E-state index is -2.22. The van der Waals surface area contributed by atoms with E-state index in [1.165, 1.54) is 0 Å². The number of hydrogen-bond acceptors (Lipinski definition) is 1. The van der Waals surface area contributed by atoms with Crippen LogP contribution in [-0.4, -0.2) is 21.6 Å². The van der Waals surface area contributed by atoms with E-state index in [4.69, 9.17) is 5.11 Å². The van der Waals surface area contributed by atoms with Crippen molar-refractivity contribution in [2.45, 2.75) is 42.1 Å². The van der Waals surface area contributed by atoms with Gasteiger partial charge in [-0.1, -0.05) is 22.6 Å². The Morgan fingerprint density at radius 2 is 1.67 bits per heavy atom. The number of halogens is 3. The van der Waals surface area contributed by atoms with Crippen LogP contribution in [0.25, 0.3) is 0 Å². The van der Waals surface area contributed by atoms with Gasteiger partial charge >= 0.3 is 0 Å². The lowest BCUT2D eigenvalue weighted by Crippen LogP contribution is -2.28. The highest BCUT2D eigenvalue weighted by atomic mass is 127. The van der Waals surface area contributed by atoms with E-state index in [1.807, 2.05) is 22.6 Å². The predicted molar refractivity (Wildman–Crippen MR) is 51.8 cm³/mol. The van der Waals surface area contributed by atoms with Crippen LogP contribution >= 0.6 is 22.6 Å². The van der Waals surface area contributed by atoms with Gasteiger partial charge in [-0.15, -0.1) is 0 Å². The Bertz CT molecular complexity index is 135. The van der Waals surface area contributed by atoms with Gasteiger partial charge in [0.05, 0.1) is 10.0 Å². The smallest absolute Gasteiger partial charge is 0.250 e. The first-order chi connectivity index (χ1) is 5.61. The molecule has 1 saturated carbocycles. The number of aliphatic hydroxyl groups is 1. The van der Waals surface area contributed by atoms with Crippen LogP contribution in [0.5, 0.6) is 0 Å². The second kappa shape index (κ2) is 4.69. The molecular weight excluding hydrogens is 277 g/mol. The molecule has 1 N–H and O–H groups in total. The van der Waals surface area contributed by atoms with Crippen molar-refractivity contribution in [1.29, 1.82) is 0 Å². The Kier molecular flexibility index (Phi) is 4.16. The molecule has 0 radical (unpaired) electrons. The highest BCUT2D eigenvalue weighted by molar-refractivity contribution is 14.1. The molecule has 1 unspecified atom stereocenters. The van der Waals surface area contributed by atoms with E-state index in [0.29, 0.717) is 12.8 Å². The van der Waals surface area contributed by atoms with Crippen molar-refractivity contribution >= 4 is 22.6 Å². The molecule has 1 rings (SSSR count). The molecule has 0 aliphatic heterocycles. The van der Waals surface area contributed by atoms with E-state index in [0.717, 1.165) is 12.8 Å². The van der Waals surface area contributed by atoms with Crippen molar-refractivity contribution in [3.05, 3.63) is 0 Å². The van der Waals surface area contributed by atoms with Crippen molar-refractivity contribution in [3.8, 4) is 0 Å². The zero-order valence-electron chi connectivity index (χ0n) is 6.72. The van der Waals surface area contributed by atoms with Crippen LogP contribution in [-0.2, 0) is 0 Å². The van der Waals surface area contributed by atoms with Crippen LogP contribution in [0.1, 0.15) is 25.7 Å². The summed E-state index contributed by atoms with van der Waals surface area (Å²) in [7, 11) is 0. The van der Waals surface area contributed by atoms with Gasteiger partial charge in [-0.2, -0.15) is 0 Å².